The number of hydrogen-bond donors (Lipinski definition) is 1. The second-order valence-corrected chi connectivity index (χ2v) is 5.17. The number of anilines is 1. The highest BCUT2D eigenvalue weighted by Crippen LogP contribution is 2.29. The van der Waals surface area contributed by atoms with E-state index in [4.69, 9.17) is 0 Å². The van der Waals surface area contributed by atoms with Crippen LogP contribution in [-0.2, 0) is 7.05 Å². The lowest BCUT2D eigenvalue weighted by atomic mass is 10.0. The summed E-state index contributed by atoms with van der Waals surface area (Å²) in [4.78, 5) is 4.41. The van der Waals surface area contributed by atoms with Gasteiger partial charge in [-0.25, -0.2) is 4.98 Å². The van der Waals surface area contributed by atoms with Crippen LogP contribution in [0.4, 0.5) is 5.69 Å². The monoisotopic (exact) mass is 277 g/mol. The molecule has 0 aliphatic carbocycles. The molecule has 0 aliphatic heterocycles. The van der Waals surface area contributed by atoms with Crippen LogP contribution in [0.5, 0.6) is 0 Å². The third kappa shape index (κ3) is 2.82. The van der Waals surface area contributed by atoms with E-state index in [0.717, 1.165) is 11.5 Å². The molecule has 0 aliphatic rings. The average molecular weight is 277 g/mol. The first kappa shape index (κ1) is 13.4. The third-order valence-electron chi connectivity index (χ3n) is 3.63. The quantitative estimate of drug-likeness (QED) is 0.772. The fourth-order valence-electron chi connectivity index (χ4n) is 2.57. The zero-order chi connectivity index (χ0) is 14.7. The van der Waals surface area contributed by atoms with Gasteiger partial charge in [0.05, 0.1) is 6.04 Å². The van der Waals surface area contributed by atoms with Gasteiger partial charge in [0.15, 0.2) is 0 Å². The number of hydrogen-bond acceptors (Lipinski definition) is 2. The Labute approximate surface area is 125 Å². The van der Waals surface area contributed by atoms with Gasteiger partial charge in [0, 0.05) is 30.7 Å². The number of aromatic nitrogens is 2. The number of nitrogens with one attached hydrogen (secondary N) is 1. The molecule has 1 atom stereocenters. The Kier molecular flexibility index (Phi) is 3.73. The second-order valence-electron chi connectivity index (χ2n) is 5.17. The SMILES string of the molecule is CC(Nc1ccccc1-c1ccccc1)c1nccn1C. The summed E-state index contributed by atoms with van der Waals surface area (Å²) in [5.74, 6) is 1.03. The van der Waals surface area contributed by atoms with Crippen LogP contribution in [0.1, 0.15) is 18.8 Å². The van der Waals surface area contributed by atoms with E-state index in [2.05, 4.69) is 65.8 Å². The average Bonchev–Trinajstić information content (AvgIpc) is 2.95. The molecule has 0 radical (unpaired) electrons. The predicted molar refractivity (Wildman–Crippen MR) is 87.1 cm³/mol. The van der Waals surface area contributed by atoms with Crippen molar-refractivity contribution in [1.82, 2.24) is 9.55 Å². The van der Waals surface area contributed by atoms with E-state index >= 15 is 0 Å². The summed E-state index contributed by atoms with van der Waals surface area (Å²) >= 11 is 0. The second kappa shape index (κ2) is 5.83. The van der Waals surface area contributed by atoms with Crippen LogP contribution < -0.4 is 5.32 Å². The van der Waals surface area contributed by atoms with Crippen molar-refractivity contribution in [2.45, 2.75) is 13.0 Å². The lowest BCUT2D eigenvalue weighted by Crippen LogP contribution is -2.12. The summed E-state index contributed by atoms with van der Waals surface area (Å²) in [7, 11) is 2.02. The first-order valence-corrected chi connectivity index (χ1v) is 7.14. The first-order valence-electron chi connectivity index (χ1n) is 7.14. The molecular weight excluding hydrogens is 258 g/mol. The van der Waals surface area contributed by atoms with Gasteiger partial charge >= 0.3 is 0 Å². The summed E-state index contributed by atoms with van der Waals surface area (Å²) in [6.07, 6.45) is 3.80. The molecule has 21 heavy (non-hydrogen) atoms. The van der Waals surface area contributed by atoms with E-state index in [1.807, 2.05) is 30.1 Å². The van der Waals surface area contributed by atoms with Gasteiger partial charge in [0.2, 0.25) is 0 Å². The highest BCUT2D eigenvalue weighted by atomic mass is 15.1. The van der Waals surface area contributed by atoms with Crippen molar-refractivity contribution in [3.05, 3.63) is 72.8 Å². The zero-order valence-electron chi connectivity index (χ0n) is 12.3. The minimum absolute atomic E-state index is 0.148. The van der Waals surface area contributed by atoms with E-state index in [9.17, 15) is 0 Å². The fourth-order valence-corrected chi connectivity index (χ4v) is 2.57. The van der Waals surface area contributed by atoms with E-state index in [0.29, 0.717) is 0 Å². The Morgan fingerprint density at radius 2 is 1.71 bits per heavy atom. The molecule has 0 bridgehead atoms. The topological polar surface area (TPSA) is 29.9 Å². The Hall–Kier alpha value is -2.55. The molecule has 1 aromatic heterocycles. The van der Waals surface area contributed by atoms with E-state index in [1.165, 1.54) is 11.1 Å². The largest absolute Gasteiger partial charge is 0.375 e. The van der Waals surface area contributed by atoms with Crippen molar-refractivity contribution >= 4 is 5.69 Å². The molecule has 0 fully saturated rings. The summed E-state index contributed by atoms with van der Waals surface area (Å²) in [5, 5.41) is 3.57. The molecule has 1 N–H and O–H groups in total. The first-order chi connectivity index (χ1) is 10.3. The number of aryl methyl sites for hydroxylation is 1. The molecule has 0 saturated carbocycles. The Balaban J connectivity index is 1.92. The van der Waals surface area contributed by atoms with Crippen LogP contribution in [0, 0.1) is 0 Å². The van der Waals surface area contributed by atoms with Crippen LogP contribution in [0.15, 0.2) is 67.0 Å². The Morgan fingerprint density at radius 1 is 1.00 bits per heavy atom. The van der Waals surface area contributed by atoms with Crippen molar-refractivity contribution < 1.29 is 0 Å². The van der Waals surface area contributed by atoms with Gasteiger partial charge in [-0.2, -0.15) is 0 Å². The lowest BCUT2D eigenvalue weighted by molar-refractivity contribution is 0.722. The summed E-state index contributed by atoms with van der Waals surface area (Å²) < 4.78 is 2.04. The smallest absolute Gasteiger partial charge is 0.130 e. The molecule has 1 heterocycles. The number of rotatable bonds is 4. The van der Waals surface area contributed by atoms with Crippen molar-refractivity contribution in [3.63, 3.8) is 0 Å². The summed E-state index contributed by atoms with van der Waals surface area (Å²) in [6, 6.07) is 19.0. The molecular formula is C18H19N3. The fraction of sp³-hybridized carbons (Fsp3) is 0.167. The van der Waals surface area contributed by atoms with Gasteiger partial charge in [-0.15, -0.1) is 0 Å². The predicted octanol–water partition coefficient (Wildman–Crippen LogP) is 4.26. The van der Waals surface area contributed by atoms with Crippen LogP contribution in [0.2, 0.25) is 0 Å². The molecule has 2 aromatic carbocycles. The van der Waals surface area contributed by atoms with Crippen LogP contribution in [-0.4, -0.2) is 9.55 Å². The number of imidazole rings is 1. The van der Waals surface area contributed by atoms with E-state index < -0.39 is 0 Å². The Morgan fingerprint density at radius 3 is 2.43 bits per heavy atom. The molecule has 3 rings (SSSR count). The van der Waals surface area contributed by atoms with Crippen LogP contribution in [0.3, 0.4) is 0 Å². The zero-order valence-corrected chi connectivity index (χ0v) is 12.3. The van der Waals surface area contributed by atoms with Crippen LogP contribution >= 0.6 is 0 Å². The van der Waals surface area contributed by atoms with Crippen molar-refractivity contribution in [2.75, 3.05) is 5.32 Å². The maximum Gasteiger partial charge on any atom is 0.130 e. The Bertz CT molecular complexity index is 716. The van der Waals surface area contributed by atoms with Gasteiger partial charge < -0.3 is 9.88 Å². The highest BCUT2D eigenvalue weighted by molar-refractivity contribution is 5.77. The van der Waals surface area contributed by atoms with Crippen molar-refractivity contribution in [3.8, 4) is 11.1 Å². The van der Waals surface area contributed by atoms with Gasteiger partial charge in [-0.05, 0) is 18.6 Å². The molecule has 3 nitrogen and oxygen atoms in total. The van der Waals surface area contributed by atoms with Gasteiger partial charge in [0.1, 0.15) is 5.82 Å². The van der Waals surface area contributed by atoms with E-state index in [1.54, 1.807) is 0 Å². The standard InChI is InChI=1S/C18H19N3/c1-14(18-19-12-13-21(18)2)20-17-11-7-6-10-16(17)15-8-4-3-5-9-15/h3-14,20H,1-2H3. The highest BCUT2D eigenvalue weighted by Gasteiger charge is 2.12. The molecule has 3 aromatic rings. The van der Waals surface area contributed by atoms with Crippen molar-refractivity contribution in [2.24, 2.45) is 7.05 Å². The number of nitrogens with zero attached hydrogens (tertiary/aromatic N) is 2. The normalized spacial score (nSPS) is 12.1. The number of benzene rings is 2. The van der Waals surface area contributed by atoms with Crippen LogP contribution in [0.25, 0.3) is 11.1 Å². The summed E-state index contributed by atoms with van der Waals surface area (Å²) in [5.41, 5.74) is 3.55. The minimum atomic E-state index is 0.148. The molecule has 0 amide bonds. The van der Waals surface area contributed by atoms with Gasteiger partial charge in [0.25, 0.3) is 0 Å². The summed E-state index contributed by atoms with van der Waals surface area (Å²) in [6.45, 7) is 2.13. The lowest BCUT2D eigenvalue weighted by Gasteiger charge is -2.18. The number of para-hydroxylation sites is 1. The van der Waals surface area contributed by atoms with E-state index in [-0.39, 0.29) is 6.04 Å². The molecule has 0 saturated heterocycles. The van der Waals surface area contributed by atoms with Gasteiger partial charge in [-0.1, -0.05) is 48.5 Å². The molecule has 0 spiro atoms. The molecule has 106 valence electrons. The van der Waals surface area contributed by atoms with Crippen molar-refractivity contribution in [1.29, 1.82) is 0 Å². The molecule has 3 heteroatoms. The molecule has 1 unspecified atom stereocenters. The third-order valence-corrected chi connectivity index (χ3v) is 3.63. The maximum absolute atomic E-state index is 4.41. The maximum atomic E-state index is 4.41. The minimum Gasteiger partial charge on any atom is -0.375 e. The van der Waals surface area contributed by atoms with Gasteiger partial charge in [-0.3, -0.25) is 0 Å².